The summed E-state index contributed by atoms with van der Waals surface area (Å²) in [4.78, 5) is 13.0. The molecule has 0 bridgehead atoms. The Kier molecular flexibility index (Phi) is 2.63. The third kappa shape index (κ3) is 2.00. The molecule has 0 aromatic rings. The van der Waals surface area contributed by atoms with Gasteiger partial charge in [0, 0.05) is 20.0 Å². The Morgan fingerprint density at radius 1 is 1.54 bits per heavy atom. The van der Waals surface area contributed by atoms with Crippen LogP contribution >= 0.6 is 0 Å². The predicted octanol–water partition coefficient (Wildman–Crippen LogP) is -0.404. The molecule has 1 amide bonds. The van der Waals surface area contributed by atoms with Crippen LogP contribution in [0.15, 0.2) is 0 Å². The first-order valence-electron chi connectivity index (χ1n) is 4.46. The van der Waals surface area contributed by atoms with E-state index in [0.29, 0.717) is 12.8 Å². The van der Waals surface area contributed by atoms with Crippen molar-refractivity contribution in [3.63, 3.8) is 0 Å². The smallest absolute Gasteiger partial charge is 0.225 e. The minimum Gasteiger partial charge on any atom is -0.390 e. The summed E-state index contributed by atoms with van der Waals surface area (Å²) >= 11 is 0. The first kappa shape index (κ1) is 10.5. The van der Waals surface area contributed by atoms with Crippen LogP contribution in [0.5, 0.6) is 0 Å². The van der Waals surface area contributed by atoms with E-state index in [4.69, 9.17) is 0 Å². The summed E-state index contributed by atoms with van der Waals surface area (Å²) < 4.78 is 0. The van der Waals surface area contributed by atoms with E-state index in [1.807, 2.05) is 0 Å². The quantitative estimate of drug-likeness (QED) is 0.587. The van der Waals surface area contributed by atoms with Crippen molar-refractivity contribution in [3.05, 3.63) is 0 Å². The zero-order valence-electron chi connectivity index (χ0n) is 8.32. The summed E-state index contributed by atoms with van der Waals surface area (Å²) in [6.45, 7) is 1.57. The molecule has 2 N–H and O–H groups in total. The van der Waals surface area contributed by atoms with Crippen molar-refractivity contribution in [2.24, 2.45) is 5.92 Å². The first-order valence-corrected chi connectivity index (χ1v) is 4.46. The molecule has 0 unspecified atom stereocenters. The molecular weight excluding hydrogens is 170 g/mol. The fraction of sp³-hybridized carbons (Fsp3) is 0.889. The molecule has 1 aliphatic rings. The lowest BCUT2D eigenvalue weighted by molar-refractivity contribution is -0.133. The molecule has 0 radical (unpaired) electrons. The van der Waals surface area contributed by atoms with Gasteiger partial charge in [0.15, 0.2) is 0 Å². The number of hydrogen-bond donors (Lipinski definition) is 2. The summed E-state index contributed by atoms with van der Waals surface area (Å²) in [5.74, 6) is -0.253. The van der Waals surface area contributed by atoms with Crippen LogP contribution in [0.1, 0.15) is 19.8 Å². The van der Waals surface area contributed by atoms with Crippen molar-refractivity contribution in [1.29, 1.82) is 0 Å². The van der Waals surface area contributed by atoms with Gasteiger partial charge in [0.25, 0.3) is 0 Å². The van der Waals surface area contributed by atoms with Crippen molar-refractivity contribution in [3.8, 4) is 0 Å². The fourth-order valence-corrected chi connectivity index (χ4v) is 1.79. The van der Waals surface area contributed by atoms with Crippen LogP contribution in [0.3, 0.4) is 0 Å². The van der Waals surface area contributed by atoms with Crippen LogP contribution in [-0.4, -0.2) is 46.8 Å². The van der Waals surface area contributed by atoms with Gasteiger partial charge in [-0.1, -0.05) is 0 Å². The standard InChI is InChI=1S/C9H17NO3/c1-9(13)5-6(4-7(9)11)8(12)10(2)3/h6-7,11,13H,4-5H2,1-3H3/t6-,7-,9+/m1/s1. The number of carbonyl (C=O) groups is 1. The number of rotatable bonds is 1. The van der Waals surface area contributed by atoms with E-state index in [1.54, 1.807) is 21.0 Å². The van der Waals surface area contributed by atoms with E-state index < -0.39 is 11.7 Å². The molecule has 0 heterocycles. The van der Waals surface area contributed by atoms with Crippen LogP contribution in [0.2, 0.25) is 0 Å². The lowest BCUT2D eigenvalue weighted by atomic mass is 10.0. The average Bonchev–Trinajstić information content (AvgIpc) is 2.25. The molecule has 13 heavy (non-hydrogen) atoms. The van der Waals surface area contributed by atoms with Gasteiger partial charge in [-0.05, 0) is 19.8 Å². The Balaban J connectivity index is 2.64. The molecule has 1 aliphatic carbocycles. The minimum atomic E-state index is -1.10. The van der Waals surface area contributed by atoms with Gasteiger partial charge in [0.1, 0.15) is 0 Å². The fourth-order valence-electron chi connectivity index (χ4n) is 1.79. The Morgan fingerprint density at radius 2 is 2.08 bits per heavy atom. The van der Waals surface area contributed by atoms with E-state index in [1.165, 1.54) is 4.90 Å². The highest BCUT2D eigenvalue weighted by Gasteiger charge is 2.44. The highest BCUT2D eigenvalue weighted by atomic mass is 16.3. The Labute approximate surface area is 78.2 Å². The predicted molar refractivity (Wildman–Crippen MR) is 48.0 cm³/mol. The number of carbonyl (C=O) groups excluding carboxylic acids is 1. The lowest BCUT2D eigenvalue weighted by Gasteiger charge is -2.20. The zero-order chi connectivity index (χ0) is 10.2. The van der Waals surface area contributed by atoms with Crippen molar-refractivity contribution in [2.45, 2.75) is 31.5 Å². The van der Waals surface area contributed by atoms with Crippen molar-refractivity contribution >= 4 is 5.91 Å². The molecule has 3 atom stereocenters. The molecule has 0 aliphatic heterocycles. The Morgan fingerprint density at radius 3 is 2.38 bits per heavy atom. The molecule has 0 aromatic heterocycles. The van der Waals surface area contributed by atoms with E-state index >= 15 is 0 Å². The normalized spacial score (nSPS) is 39.2. The van der Waals surface area contributed by atoms with Gasteiger partial charge in [-0.2, -0.15) is 0 Å². The van der Waals surface area contributed by atoms with Crippen LogP contribution in [0.25, 0.3) is 0 Å². The van der Waals surface area contributed by atoms with Gasteiger partial charge in [0.05, 0.1) is 11.7 Å². The summed E-state index contributed by atoms with van der Waals surface area (Å²) in [6, 6.07) is 0. The second kappa shape index (κ2) is 3.27. The van der Waals surface area contributed by atoms with E-state index in [0.717, 1.165) is 0 Å². The van der Waals surface area contributed by atoms with E-state index in [-0.39, 0.29) is 11.8 Å². The number of hydrogen-bond acceptors (Lipinski definition) is 3. The third-order valence-electron chi connectivity index (χ3n) is 2.68. The molecule has 1 saturated carbocycles. The molecule has 76 valence electrons. The van der Waals surface area contributed by atoms with Crippen molar-refractivity contribution < 1.29 is 15.0 Å². The zero-order valence-corrected chi connectivity index (χ0v) is 8.32. The third-order valence-corrected chi connectivity index (χ3v) is 2.68. The summed E-state index contributed by atoms with van der Waals surface area (Å²) in [6.07, 6.45) is -0.0590. The molecular formula is C9H17NO3. The maximum Gasteiger partial charge on any atom is 0.225 e. The van der Waals surface area contributed by atoms with Crippen molar-refractivity contribution in [2.75, 3.05) is 14.1 Å². The number of aliphatic hydroxyl groups is 2. The van der Waals surface area contributed by atoms with Gasteiger partial charge in [-0.15, -0.1) is 0 Å². The monoisotopic (exact) mass is 187 g/mol. The molecule has 0 aromatic carbocycles. The summed E-state index contributed by atoms with van der Waals surface area (Å²) in [5, 5.41) is 19.1. The highest BCUT2D eigenvalue weighted by molar-refractivity contribution is 5.78. The van der Waals surface area contributed by atoms with Gasteiger partial charge in [-0.3, -0.25) is 4.79 Å². The van der Waals surface area contributed by atoms with Crippen LogP contribution in [0, 0.1) is 5.92 Å². The lowest BCUT2D eigenvalue weighted by Crippen LogP contribution is -2.33. The van der Waals surface area contributed by atoms with E-state index in [9.17, 15) is 15.0 Å². The Hall–Kier alpha value is -0.610. The second-order valence-electron chi connectivity index (χ2n) is 4.24. The van der Waals surface area contributed by atoms with Gasteiger partial charge >= 0.3 is 0 Å². The Bertz CT molecular complexity index is 213. The average molecular weight is 187 g/mol. The number of amides is 1. The molecule has 0 spiro atoms. The maximum absolute atomic E-state index is 11.5. The molecule has 1 fully saturated rings. The van der Waals surface area contributed by atoms with E-state index in [2.05, 4.69) is 0 Å². The molecule has 4 heteroatoms. The number of aliphatic hydroxyl groups excluding tert-OH is 1. The number of nitrogens with zero attached hydrogens (tertiary/aromatic N) is 1. The maximum atomic E-state index is 11.5. The van der Waals surface area contributed by atoms with Crippen LogP contribution in [-0.2, 0) is 4.79 Å². The van der Waals surface area contributed by atoms with Gasteiger partial charge in [-0.25, -0.2) is 0 Å². The molecule has 1 rings (SSSR count). The molecule has 4 nitrogen and oxygen atoms in total. The topological polar surface area (TPSA) is 60.8 Å². The summed E-state index contributed by atoms with van der Waals surface area (Å²) in [5.41, 5.74) is -1.10. The minimum absolute atomic E-state index is 0.0168. The van der Waals surface area contributed by atoms with Crippen LogP contribution in [0.4, 0.5) is 0 Å². The largest absolute Gasteiger partial charge is 0.390 e. The second-order valence-corrected chi connectivity index (χ2v) is 4.24. The SMILES string of the molecule is CN(C)C(=O)[C@@H]1C[C@@H](O)[C@@](C)(O)C1. The molecule has 0 saturated heterocycles. The van der Waals surface area contributed by atoms with Gasteiger partial charge < -0.3 is 15.1 Å². The first-order chi connectivity index (χ1) is 5.84. The van der Waals surface area contributed by atoms with Crippen molar-refractivity contribution in [1.82, 2.24) is 4.90 Å². The van der Waals surface area contributed by atoms with Crippen LogP contribution < -0.4 is 0 Å². The van der Waals surface area contributed by atoms with Gasteiger partial charge in [0.2, 0.25) is 5.91 Å². The summed E-state index contributed by atoms with van der Waals surface area (Å²) in [7, 11) is 3.36. The highest BCUT2D eigenvalue weighted by Crippen LogP contribution is 2.35.